The monoisotopic (exact) mass is 1860 g/mol. The van der Waals surface area contributed by atoms with E-state index in [0.29, 0.717) is 120 Å². The Bertz CT molecular complexity index is 4890. The second kappa shape index (κ2) is 41.3. The predicted molar refractivity (Wildman–Crippen MR) is 422 cm³/mol. The minimum atomic E-state index is -1.58. The number of aromatic nitrogens is 8. The molecule has 8 aromatic rings. The van der Waals surface area contributed by atoms with E-state index < -0.39 is 23.8 Å². The molecule has 0 saturated carbocycles. The first-order valence-electron chi connectivity index (χ1n) is 32.8. The first kappa shape index (κ1) is 91.4. The van der Waals surface area contributed by atoms with E-state index in [1.165, 1.54) is 63.9 Å². The van der Waals surface area contributed by atoms with Crippen molar-refractivity contribution in [1.29, 1.82) is 0 Å². The number of nitrogens with one attached hydrogen (secondary N) is 2. The Morgan fingerprint density at radius 3 is 1.49 bits per heavy atom. The van der Waals surface area contributed by atoms with Gasteiger partial charge in [-0.2, -0.15) is 9.90 Å². The minimum Gasteiger partial charge on any atom is -1.00 e. The molecule has 4 saturated heterocycles. The molecule has 4 aromatic carbocycles. The van der Waals surface area contributed by atoms with Gasteiger partial charge in [-0.25, -0.2) is 29.5 Å². The maximum atomic E-state index is 12.9. The van der Waals surface area contributed by atoms with E-state index in [1.54, 1.807) is 47.4 Å². The van der Waals surface area contributed by atoms with Gasteiger partial charge in [-0.1, -0.05) is 46.4 Å². The molecule has 0 radical (unpaired) electrons. The van der Waals surface area contributed by atoms with E-state index in [9.17, 15) is 53.4 Å². The van der Waals surface area contributed by atoms with E-state index in [2.05, 4.69) is 104 Å². The zero-order chi connectivity index (χ0) is 74.0. The van der Waals surface area contributed by atoms with Crippen molar-refractivity contribution < 1.29 is 111 Å². The smallest absolute Gasteiger partial charge is 1.00 e. The molecule has 13 rings (SSSR count). The number of benzene rings is 4. The Labute approximate surface area is 713 Å². The number of rotatable bonds is 18. The van der Waals surface area contributed by atoms with Gasteiger partial charge in [-0.3, -0.25) is 56.8 Å². The van der Waals surface area contributed by atoms with Crippen LogP contribution in [0.1, 0.15) is 91.3 Å². The van der Waals surface area contributed by atoms with Crippen molar-refractivity contribution >= 4 is 199 Å². The molecule has 7 atom stereocenters. The van der Waals surface area contributed by atoms with Crippen molar-refractivity contribution in [2.24, 2.45) is 4.99 Å². The van der Waals surface area contributed by atoms with Crippen LogP contribution in [0.3, 0.4) is 0 Å². The van der Waals surface area contributed by atoms with Crippen molar-refractivity contribution in [2.75, 3.05) is 40.4 Å². The molecule has 2 amide bonds. The first-order chi connectivity index (χ1) is 49.1. The van der Waals surface area contributed by atoms with Crippen molar-refractivity contribution in [3.8, 4) is 0 Å². The molecule has 9 N–H and O–H groups in total. The average Bonchev–Trinajstić information content (AvgIpc) is 1.55. The Balaban J connectivity index is 0.000000255. The third-order valence-corrected chi connectivity index (χ3v) is 22.7. The van der Waals surface area contributed by atoms with E-state index in [4.69, 9.17) is 60.6 Å². The number of carbonyl (C=O) groups excluding carboxylic acids is 5. The molecule has 0 aliphatic carbocycles. The summed E-state index contributed by atoms with van der Waals surface area (Å²) in [6.45, 7) is 2.51. The number of fused-ring (bicyclic) bond motifs is 6. The molecular formula is C68H79Br4Cl4KN13O16P. The summed E-state index contributed by atoms with van der Waals surface area (Å²) in [6.07, 6.45) is 12.4. The Hall–Kier alpha value is -4.47. The van der Waals surface area contributed by atoms with Gasteiger partial charge >= 0.3 is 63.6 Å². The molecule has 5 aliphatic rings. The summed E-state index contributed by atoms with van der Waals surface area (Å²) in [6, 6.07) is 12.8. The molecular weight excluding hydrogens is 1790 g/mol. The van der Waals surface area contributed by atoms with E-state index in [1.807, 2.05) is 0 Å². The van der Waals surface area contributed by atoms with Crippen LogP contribution in [0.5, 0.6) is 0 Å². The maximum absolute atomic E-state index is 12.9. The Morgan fingerprint density at radius 1 is 0.607 bits per heavy atom. The largest absolute Gasteiger partial charge is 1.00 e. The average molecular weight is 1870 g/mol. The van der Waals surface area contributed by atoms with Gasteiger partial charge in [0.05, 0.1) is 148 Å². The molecule has 0 bridgehead atoms. The quantitative estimate of drug-likeness (QED) is 0.0318. The molecule has 39 heteroatoms. The Kier molecular flexibility index (Phi) is 35.3. The number of ketones is 3. The van der Waals surface area contributed by atoms with Crippen LogP contribution in [-0.4, -0.2) is 170 Å². The number of alkyl carbamates (subject to hydrolysis) is 1. The van der Waals surface area contributed by atoms with Crippen molar-refractivity contribution in [3.05, 3.63) is 153 Å². The molecule has 0 spiro atoms. The number of halogens is 8. The second-order valence-electron chi connectivity index (χ2n) is 25.2. The number of methoxy groups -OCH3 is 2. The summed E-state index contributed by atoms with van der Waals surface area (Å²) < 4.78 is 28.9. The number of aliphatic imine (C=N–C) groups is 1. The van der Waals surface area contributed by atoms with Gasteiger partial charge in [0.2, 0.25) is 0 Å². The van der Waals surface area contributed by atoms with E-state index >= 15 is 0 Å². The van der Waals surface area contributed by atoms with E-state index in [-0.39, 0.29) is 190 Å². The maximum Gasteiger partial charge on any atom is 1.00 e. The normalized spacial score (nSPS) is 19.6. The van der Waals surface area contributed by atoms with Crippen LogP contribution < -0.4 is 90.4 Å². The van der Waals surface area contributed by atoms with Crippen LogP contribution in [0.15, 0.2) is 116 Å². The van der Waals surface area contributed by atoms with Gasteiger partial charge in [0.1, 0.15) is 5.78 Å². The molecule has 4 fully saturated rings. The van der Waals surface area contributed by atoms with Crippen LogP contribution in [0.4, 0.5) is 9.59 Å². The first-order valence-corrected chi connectivity index (χ1v) is 37.4. The van der Waals surface area contributed by atoms with Crippen molar-refractivity contribution in [3.63, 3.8) is 0 Å². The zero-order valence-electron chi connectivity index (χ0n) is 59.4. The molecule has 574 valence electrons. The number of amides is 2. The minimum absolute atomic E-state index is 0. The number of hydrogen-bond donors (Lipinski definition) is 5. The number of hydrogen-bond acceptors (Lipinski definition) is 22. The summed E-state index contributed by atoms with van der Waals surface area (Å²) >= 11 is 37.5. The van der Waals surface area contributed by atoms with Crippen LogP contribution in [0, 0.1) is 0 Å². The number of piperidine rings is 2. The van der Waals surface area contributed by atoms with Gasteiger partial charge < -0.3 is 57.7 Å². The third kappa shape index (κ3) is 23.6. The van der Waals surface area contributed by atoms with Crippen LogP contribution in [0.2, 0.25) is 20.1 Å². The van der Waals surface area contributed by atoms with E-state index in [0.717, 1.165) is 57.3 Å². The van der Waals surface area contributed by atoms with Crippen LogP contribution in [-0.2, 0) is 59.5 Å². The van der Waals surface area contributed by atoms with Gasteiger partial charge in [0, 0.05) is 87.8 Å². The van der Waals surface area contributed by atoms with Gasteiger partial charge in [-0.05, 0) is 170 Å². The van der Waals surface area contributed by atoms with Gasteiger partial charge in [0.15, 0.2) is 23.1 Å². The van der Waals surface area contributed by atoms with Crippen LogP contribution in [0.25, 0.3) is 43.6 Å². The number of Topliss-reactive ketones (excluding diaryl/α,β-unsaturated/α-hetero) is 3. The molecule has 3 unspecified atom stereocenters. The molecule has 29 nitrogen and oxygen atoms in total. The molecule has 5 aliphatic heterocycles. The number of carbonyl (C=O) groups is 5. The topological polar surface area (TPSA) is 408 Å². The number of nitrogens with zero attached hydrogens (tertiary/aromatic N) is 10. The number of ether oxygens (including phenoxy) is 4. The summed E-state index contributed by atoms with van der Waals surface area (Å²) in [4.78, 5) is 132. The standard InChI is InChI=1S/2C18H19BrClN3O5.C16H17BrClN3O3.C16H15BrClN3O2.K.H3N.H2O.H3P.H/c1-27-17(25)23-4-2-3-15-14(23)7-18(26,28-15)8-22-9-21-13-6-11(19)12(20)5-10(13)16(22)24;1-28-18(27)21-6-2-3-11(24)4-5-12(25)9-23-10-22-16-8-14(19)15(20)7-13(16)17(23)26;17-10-5-12-9(4-11(10)18)15(22)21(8-20-12)7-16(23)6-13-14(24-16)2-1-3-19-13;17-13-7-15-12(6-14(13)18)16(23)21(9-20-15)8-11(22)4-3-10-2-1-5-19-10;;;;;/h5-6,9,14-15,26H,2-4,7-8H2,1H3;7-8,10H,2-6,9H2,1H3,(H,21,27);4-5,8,13-14,19,23H,1-3,6-7H2;6-7,9H,1-5,8H2;;1H3;1H2;1H3;/q;;;;+1;;;;-1/t14-,15-,18?;;13-,14-,16?;;;;;;/m0.0....../s1. The fourth-order valence-corrected chi connectivity index (χ4v) is 14.7. The fourth-order valence-electron chi connectivity index (χ4n) is 12.7. The summed E-state index contributed by atoms with van der Waals surface area (Å²) in [7, 11) is 2.59. The molecule has 107 heavy (non-hydrogen) atoms. The van der Waals surface area contributed by atoms with Crippen molar-refractivity contribution in [2.45, 2.75) is 152 Å². The SMILES string of the molecule is COC(=O)N1CCC[C@@H]2OC(O)(Cn3cnc4cc(Br)c(Cl)cc4c3=O)C[C@@H]21.COC(=O)NCCCC(=O)CCC(=O)Cn1cnc2cc(Br)c(Cl)cc2c1=O.N.O.O=C(CCC1=NCCC1)Cn1cnc2cc(Br)c(Cl)cc2c1=O.O=c1c2cc(Cl)c(Br)cc2ncn1CC1(O)C[C@@H]2NCCC[C@@H]2O1.P.[H-].[K+]. The van der Waals surface area contributed by atoms with Crippen LogP contribution >= 0.6 is 120 Å². The van der Waals surface area contributed by atoms with Gasteiger partial charge in [-0.15, -0.1) is 0 Å². The fraction of sp³-hybridized carbons (Fsp3) is 0.441. The molecule has 9 heterocycles. The summed E-state index contributed by atoms with van der Waals surface area (Å²) in [5, 5.41) is 30.8. The number of aliphatic hydroxyl groups is 2. The summed E-state index contributed by atoms with van der Waals surface area (Å²) in [5.74, 6) is -3.26. The Morgan fingerprint density at radius 2 is 1.04 bits per heavy atom. The third-order valence-electron chi connectivity index (χ3n) is 17.9. The zero-order valence-corrected chi connectivity index (χ0v) is 72.3. The number of likely N-dealkylation sites (tertiary alicyclic amines) is 1. The summed E-state index contributed by atoms with van der Waals surface area (Å²) in [5.41, 5.74) is 2.01. The molecule has 4 aromatic heterocycles. The predicted octanol–water partition coefficient (Wildman–Crippen LogP) is 7.34. The van der Waals surface area contributed by atoms with Gasteiger partial charge in [0.25, 0.3) is 22.2 Å². The second-order valence-corrected chi connectivity index (χ2v) is 30.3. The van der Waals surface area contributed by atoms with Crippen molar-refractivity contribution in [1.82, 2.24) is 59.9 Å².